The van der Waals surface area contributed by atoms with Crippen LogP contribution in [0.1, 0.15) is 48.1 Å². The molecular weight excluding hydrogens is 550 g/mol. The third-order valence-corrected chi connectivity index (χ3v) is 8.75. The zero-order chi connectivity index (χ0) is 30.5. The Balaban J connectivity index is 1.26. The van der Waals surface area contributed by atoms with E-state index in [1.54, 1.807) is 18.9 Å². The van der Waals surface area contributed by atoms with Crippen LogP contribution >= 0.6 is 0 Å². The van der Waals surface area contributed by atoms with Gasteiger partial charge in [-0.25, -0.2) is 0 Å². The smallest absolute Gasteiger partial charge is 0.249 e. The minimum absolute atomic E-state index is 0.0588. The highest BCUT2D eigenvalue weighted by Crippen LogP contribution is 2.27. The average Bonchev–Trinajstić information content (AvgIpc) is 3.50. The first kappa shape index (κ1) is 29.5. The van der Waals surface area contributed by atoms with Crippen LogP contribution in [0.2, 0.25) is 0 Å². The normalized spacial score (nSPS) is 15.2. The van der Waals surface area contributed by atoms with Gasteiger partial charge in [0.2, 0.25) is 17.7 Å². The van der Waals surface area contributed by atoms with E-state index < -0.39 is 12.1 Å². The number of rotatable bonds is 10. The zero-order valence-electron chi connectivity index (χ0n) is 25.3. The summed E-state index contributed by atoms with van der Waals surface area (Å²) in [5, 5.41) is 15.1. The summed E-state index contributed by atoms with van der Waals surface area (Å²) in [6, 6.07) is 27.9. The lowest BCUT2D eigenvalue weighted by atomic mass is 9.95. The van der Waals surface area contributed by atoms with Gasteiger partial charge in [-0.2, -0.15) is 4.98 Å². The molecule has 0 radical (unpaired) electrons. The predicted octanol–water partition coefficient (Wildman–Crippen LogP) is 5.54. The highest BCUT2D eigenvalue weighted by Gasteiger charge is 2.33. The fourth-order valence-corrected chi connectivity index (χ4v) is 6.16. The van der Waals surface area contributed by atoms with Crippen LogP contribution in [0, 0.1) is 12.8 Å². The minimum Gasteiger partial charge on any atom is -0.344 e. The molecule has 44 heavy (non-hydrogen) atoms. The summed E-state index contributed by atoms with van der Waals surface area (Å²) in [5.74, 6) is 0.552. The van der Waals surface area contributed by atoms with Crippen molar-refractivity contribution >= 4 is 33.4 Å². The van der Waals surface area contributed by atoms with Crippen LogP contribution < -0.4 is 10.6 Å². The number of aryl methyl sites for hydroxylation is 2. The number of aromatic nitrogens is 2. The zero-order valence-corrected chi connectivity index (χ0v) is 25.3. The molecular formula is C36H39N5O3. The number of piperidine rings is 1. The first-order valence-corrected chi connectivity index (χ1v) is 15.5. The van der Waals surface area contributed by atoms with Gasteiger partial charge in [-0.1, -0.05) is 90.1 Å². The quantitative estimate of drug-likeness (QED) is 0.222. The number of nitrogens with zero attached hydrogens (tertiary/aromatic N) is 3. The molecule has 1 saturated heterocycles. The fourth-order valence-electron chi connectivity index (χ4n) is 6.16. The first-order chi connectivity index (χ1) is 21.4. The van der Waals surface area contributed by atoms with E-state index in [9.17, 15) is 9.59 Å². The highest BCUT2D eigenvalue weighted by molar-refractivity contribution is 5.89. The molecule has 0 spiro atoms. The predicted molar refractivity (Wildman–Crippen MR) is 172 cm³/mol. The summed E-state index contributed by atoms with van der Waals surface area (Å²) in [7, 11) is 1.77. The Morgan fingerprint density at radius 3 is 2.16 bits per heavy atom. The maximum atomic E-state index is 14.3. The van der Waals surface area contributed by atoms with Gasteiger partial charge < -0.3 is 20.1 Å². The molecule has 1 fully saturated rings. The van der Waals surface area contributed by atoms with Crippen molar-refractivity contribution in [3.05, 3.63) is 108 Å². The second kappa shape index (κ2) is 13.4. The summed E-state index contributed by atoms with van der Waals surface area (Å²) in [6.07, 6.45) is 3.15. The molecule has 0 aliphatic carbocycles. The third kappa shape index (κ3) is 6.81. The van der Waals surface area contributed by atoms with E-state index in [0.29, 0.717) is 31.0 Å². The molecule has 8 nitrogen and oxygen atoms in total. The number of likely N-dealkylation sites (N-methyl/N-ethyl adjacent to an activating group) is 1. The van der Waals surface area contributed by atoms with Gasteiger partial charge in [-0.05, 0) is 78.4 Å². The highest BCUT2D eigenvalue weighted by atomic mass is 16.5. The summed E-state index contributed by atoms with van der Waals surface area (Å²) < 4.78 is 5.63. The number of carbonyl (C=O) groups is 2. The number of carbonyl (C=O) groups excluding carboxylic acids is 2. The molecule has 5 aromatic rings. The molecule has 0 bridgehead atoms. The van der Waals surface area contributed by atoms with Gasteiger partial charge in [0.25, 0.3) is 0 Å². The summed E-state index contributed by atoms with van der Waals surface area (Å²) in [5.41, 5.74) is 2.18. The number of fused-ring (bicyclic) bond motifs is 2. The van der Waals surface area contributed by atoms with E-state index in [1.807, 2.05) is 24.3 Å². The molecule has 1 aromatic heterocycles. The van der Waals surface area contributed by atoms with Crippen molar-refractivity contribution in [2.75, 3.05) is 20.1 Å². The molecule has 1 aliphatic heterocycles. The topological polar surface area (TPSA) is 100 Å². The average molecular weight is 590 g/mol. The Kier molecular flexibility index (Phi) is 8.98. The van der Waals surface area contributed by atoms with Crippen molar-refractivity contribution in [2.45, 2.75) is 51.1 Å². The molecule has 2 N–H and O–H groups in total. The van der Waals surface area contributed by atoms with Crippen molar-refractivity contribution in [2.24, 2.45) is 5.92 Å². The Bertz CT molecular complexity index is 1760. The van der Waals surface area contributed by atoms with Crippen molar-refractivity contribution in [3.8, 4) is 0 Å². The standard InChI is InChI=1S/C36H39N5O3/c1-24-38-35(44-40-24)33(23-26-12-15-28-8-4-6-10-31(28)22-26)41(2)36(43)32(39-34(42)29-17-19-37-20-18-29)16-13-25-11-14-27-7-3-5-9-30(27)21-25/h3-12,14-15,21-22,29,32-33,37H,13,16-20,23H2,1-2H3,(H,39,42). The van der Waals surface area contributed by atoms with Gasteiger partial charge in [-0.15, -0.1) is 0 Å². The van der Waals surface area contributed by atoms with Crippen LogP contribution in [0.4, 0.5) is 0 Å². The molecule has 2 amide bonds. The molecule has 1 aliphatic rings. The van der Waals surface area contributed by atoms with Gasteiger partial charge >= 0.3 is 0 Å². The monoisotopic (exact) mass is 589 g/mol. The van der Waals surface area contributed by atoms with Crippen molar-refractivity contribution in [1.29, 1.82) is 0 Å². The van der Waals surface area contributed by atoms with E-state index in [-0.39, 0.29) is 17.7 Å². The maximum Gasteiger partial charge on any atom is 0.249 e. The summed E-state index contributed by atoms with van der Waals surface area (Å²) in [6.45, 7) is 3.38. The molecule has 2 atom stereocenters. The van der Waals surface area contributed by atoms with Crippen molar-refractivity contribution < 1.29 is 14.1 Å². The third-order valence-electron chi connectivity index (χ3n) is 8.75. The van der Waals surface area contributed by atoms with Crippen LogP contribution in [-0.2, 0) is 22.4 Å². The Morgan fingerprint density at radius 1 is 0.909 bits per heavy atom. The number of hydrogen-bond donors (Lipinski definition) is 2. The molecule has 2 heterocycles. The maximum absolute atomic E-state index is 14.3. The number of benzene rings is 4. The van der Waals surface area contributed by atoms with E-state index in [1.165, 1.54) is 5.39 Å². The number of nitrogens with one attached hydrogen (secondary N) is 2. The number of hydrogen-bond acceptors (Lipinski definition) is 6. The molecule has 226 valence electrons. The van der Waals surface area contributed by atoms with E-state index >= 15 is 0 Å². The molecule has 8 heteroatoms. The van der Waals surface area contributed by atoms with E-state index in [4.69, 9.17) is 4.52 Å². The van der Waals surface area contributed by atoms with Gasteiger partial charge in [0, 0.05) is 19.4 Å². The van der Waals surface area contributed by atoms with Gasteiger partial charge in [-0.3, -0.25) is 9.59 Å². The van der Waals surface area contributed by atoms with Gasteiger partial charge in [0.1, 0.15) is 12.1 Å². The Hall–Kier alpha value is -4.56. The number of amides is 2. The largest absolute Gasteiger partial charge is 0.344 e. The van der Waals surface area contributed by atoms with Crippen LogP contribution in [0.5, 0.6) is 0 Å². The summed E-state index contributed by atoms with van der Waals surface area (Å²) >= 11 is 0. The van der Waals surface area contributed by atoms with E-state index in [2.05, 4.69) is 81.4 Å². The van der Waals surface area contributed by atoms with E-state index in [0.717, 1.165) is 53.2 Å². The van der Waals surface area contributed by atoms with Crippen LogP contribution in [0.3, 0.4) is 0 Å². The first-order valence-electron chi connectivity index (χ1n) is 15.5. The fraction of sp³-hybridized carbons (Fsp3) is 0.333. The van der Waals surface area contributed by atoms with Crippen LogP contribution in [0.15, 0.2) is 89.5 Å². The van der Waals surface area contributed by atoms with Gasteiger partial charge in [0.15, 0.2) is 5.82 Å². The van der Waals surface area contributed by atoms with Crippen LogP contribution in [0.25, 0.3) is 21.5 Å². The second-order valence-corrected chi connectivity index (χ2v) is 11.8. The van der Waals surface area contributed by atoms with Gasteiger partial charge in [0.05, 0.1) is 0 Å². The van der Waals surface area contributed by atoms with Crippen molar-refractivity contribution in [1.82, 2.24) is 25.7 Å². The molecule has 6 rings (SSSR count). The SMILES string of the molecule is Cc1noc(C(Cc2ccc3ccccc3c2)N(C)C(=O)C(CCc2ccc3ccccc3c2)NC(=O)C2CCNCC2)n1. The lowest BCUT2D eigenvalue weighted by Gasteiger charge is -2.31. The van der Waals surface area contributed by atoms with Crippen LogP contribution in [-0.4, -0.2) is 53.0 Å². The second-order valence-electron chi connectivity index (χ2n) is 11.8. The Morgan fingerprint density at radius 2 is 1.52 bits per heavy atom. The van der Waals surface area contributed by atoms with Crippen molar-refractivity contribution in [3.63, 3.8) is 0 Å². The molecule has 2 unspecified atom stereocenters. The lowest BCUT2D eigenvalue weighted by Crippen LogP contribution is -2.51. The lowest BCUT2D eigenvalue weighted by molar-refractivity contribution is -0.139. The Labute approximate surface area is 257 Å². The summed E-state index contributed by atoms with van der Waals surface area (Å²) in [4.78, 5) is 34.0. The minimum atomic E-state index is -0.697. The molecule has 4 aromatic carbocycles. The molecule has 0 saturated carbocycles.